The van der Waals surface area contributed by atoms with Crippen LogP contribution in [0.3, 0.4) is 0 Å². The molecule has 0 bridgehead atoms. The number of nitrogens with zero attached hydrogens (tertiary/aromatic N) is 3. The summed E-state index contributed by atoms with van der Waals surface area (Å²) in [5.74, 6) is -0.975. The molecule has 1 saturated heterocycles. The number of ether oxygens (including phenoxy) is 1. The molecule has 1 N–H and O–H groups in total. The van der Waals surface area contributed by atoms with Gasteiger partial charge in [0.2, 0.25) is 0 Å². The zero-order valence-corrected chi connectivity index (χ0v) is 23.3. The van der Waals surface area contributed by atoms with Gasteiger partial charge in [0.25, 0.3) is 5.91 Å². The molecule has 2 heterocycles. The van der Waals surface area contributed by atoms with Crippen LogP contribution >= 0.6 is 0 Å². The summed E-state index contributed by atoms with van der Waals surface area (Å²) in [5, 5.41) is 3.04. The van der Waals surface area contributed by atoms with Crippen LogP contribution in [-0.2, 0) is 9.53 Å². The smallest absolute Gasteiger partial charge is 0.338 e. The van der Waals surface area contributed by atoms with Crippen molar-refractivity contribution in [2.45, 2.75) is 46.7 Å². The minimum absolute atomic E-state index is 0.120. The molecule has 0 saturated carbocycles. The largest absolute Gasteiger partial charge is 0.463 e. The summed E-state index contributed by atoms with van der Waals surface area (Å²) in [5.41, 5.74) is 4.37. The number of amides is 3. The monoisotopic (exact) mass is 536 g/mol. The predicted octanol–water partition coefficient (Wildman–Crippen LogP) is 4.19. The van der Waals surface area contributed by atoms with Gasteiger partial charge in [0.05, 0.1) is 18.2 Å². The standard InChI is InChI=1S/C30H37FN4O4/c1-6-34-25(18-33-14-15-35(21(5)17-33)28(36)22-10-12-23(31)13-11-22)26(29(37)39-7-2)27(32-30(34)38)24-16-19(3)8-9-20(24)4/h8-13,16,21,27H,6-7,14-15,17-18H2,1-5H3,(H,32,38)/t21-,27-/m0/s1. The van der Waals surface area contributed by atoms with Gasteiger partial charge >= 0.3 is 12.0 Å². The summed E-state index contributed by atoms with van der Waals surface area (Å²) in [4.78, 5) is 45.4. The highest BCUT2D eigenvalue weighted by atomic mass is 19.1. The Hall–Kier alpha value is -3.72. The van der Waals surface area contributed by atoms with Gasteiger partial charge in [0, 0.05) is 50.0 Å². The van der Waals surface area contributed by atoms with Gasteiger partial charge in [-0.1, -0.05) is 23.8 Å². The Labute approximate surface area is 229 Å². The maximum absolute atomic E-state index is 13.4. The molecular formula is C30H37FN4O4. The van der Waals surface area contributed by atoms with E-state index in [0.717, 1.165) is 16.7 Å². The molecule has 2 aliphatic rings. The van der Waals surface area contributed by atoms with Gasteiger partial charge < -0.3 is 15.0 Å². The number of hydrogen-bond donors (Lipinski definition) is 1. The molecule has 2 aromatic rings. The fraction of sp³-hybridized carbons (Fsp3) is 0.433. The molecule has 9 heteroatoms. The van der Waals surface area contributed by atoms with E-state index in [0.29, 0.717) is 49.6 Å². The lowest BCUT2D eigenvalue weighted by Crippen LogP contribution is -2.56. The molecule has 2 aromatic carbocycles. The highest BCUT2D eigenvalue weighted by Gasteiger charge is 2.39. The number of carbonyl (C=O) groups is 3. The van der Waals surface area contributed by atoms with Crippen molar-refractivity contribution in [2.75, 3.05) is 39.3 Å². The van der Waals surface area contributed by atoms with Crippen LogP contribution < -0.4 is 5.32 Å². The van der Waals surface area contributed by atoms with E-state index in [1.165, 1.54) is 24.3 Å². The second kappa shape index (κ2) is 12.0. The number of hydrogen-bond acceptors (Lipinski definition) is 5. The van der Waals surface area contributed by atoms with E-state index in [1.807, 2.05) is 45.9 Å². The van der Waals surface area contributed by atoms with Crippen LogP contribution in [0.5, 0.6) is 0 Å². The van der Waals surface area contributed by atoms with E-state index >= 15 is 0 Å². The molecule has 2 aliphatic heterocycles. The van der Waals surface area contributed by atoms with E-state index in [4.69, 9.17) is 4.74 Å². The number of likely N-dealkylation sites (N-methyl/N-ethyl adjacent to an activating group) is 1. The molecule has 208 valence electrons. The van der Waals surface area contributed by atoms with Crippen molar-refractivity contribution in [2.24, 2.45) is 0 Å². The summed E-state index contributed by atoms with van der Waals surface area (Å²) in [6.45, 7) is 12.1. The molecule has 0 unspecified atom stereocenters. The van der Waals surface area contributed by atoms with Crippen molar-refractivity contribution in [1.82, 2.24) is 20.0 Å². The molecule has 39 heavy (non-hydrogen) atoms. The van der Waals surface area contributed by atoms with Crippen LogP contribution in [0.25, 0.3) is 0 Å². The van der Waals surface area contributed by atoms with Gasteiger partial charge in [0.1, 0.15) is 5.82 Å². The molecule has 0 aromatic heterocycles. The van der Waals surface area contributed by atoms with Crippen molar-refractivity contribution >= 4 is 17.9 Å². The number of esters is 1. The van der Waals surface area contributed by atoms with Crippen LogP contribution in [-0.4, -0.2) is 78.0 Å². The Morgan fingerprint density at radius 1 is 1.08 bits per heavy atom. The van der Waals surface area contributed by atoms with Crippen LogP contribution in [0.4, 0.5) is 9.18 Å². The van der Waals surface area contributed by atoms with Crippen molar-refractivity contribution in [3.05, 3.63) is 81.8 Å². The van der Waals surface area contributed by atoms with Gasteiger partial charge in [-0.2, -0.15) is 0 Å². The lowest BCUT2D eigenvalue weighted by molar-refractivity contribution is -0.139. The number of urea groups is 1. The first kappa shape index (κ1) is 28.3. The zero-order valence-electron chi connectivity index (χ0n) is 23.3. The van der Waals surface area contributed by atoms with E-state index in [9.17, 15) is 18.8 Å². The van der Waals surface area contributed by atoms with E-state index < -0.39 is 12.0 Å². The number of aryl methyl sites for hydroxylation is 2. The third kappa shape index (κ3) is 5.98. The number of halogens is 1. The fourth-order valence-electron chi connectivity index (χ4n) is 5.41. The van der Waals surface area contributed by atoms with Gasteiger partial charge in [-0.05, 0) is 70.0 Å². The third-order valence-corrected chi connectivity index (χ3v) is 7.43. The summed E-state index contributed by atoms with van der Waals surface area (Å²) < 4.78 is 18.8. The van der Waals surface area contributed by atoms with Crippen LogP contribution in [0, 0.1) is 19.7 Å². The van der Waals surface area contributed by atoms with Gasteiger partial charge in [-0.25, -0.2) is 14.0 Å². The SMILES string of the molecule is CCOC(=O)C1=C(CN2CCN(C(=O)c3ccc(F)cc3)[C@@H](C)C2)N(CC)C(=O)N[C@H]1c1cc(C)ccc1C. The second-order valence-electron chi connectivity index (χ2n) is 10.2. The summed E-state index contributed by atoms with van der Waals surface area (Å²) in [6, 6.07) is 10.6. The van der Waals surface area contributed by atoms with E-state index in [1.54, 1.807) is 16.7 Å². The van der Waals surface area contributed by atoms with Gasteiger partial charge in [0.15, 0.2) is 0 Å². The summed E-state index contributed by atoms with van der Waals surface area (Å²) in [6.07, 6.45) is 0. The average molecular weight is 537 g/mol. The Balaban J connectivity index is 1.65. The molecule has 3 amide bonds. The quantitative estimate of drug-likeness (QED) is 0.537. The third-order valence-electron chi connectivity index (χ3n) is 7.43. The van der Waals surface area contributed by atoms with E-state index in [-0.39, 0.29) is 30.4 Å². The summed E-state index contributed by atoms with van der Waals surface area (Å²) in [7, 11) is 0. The van der Waals surface area contributed by atoms with Crippen LogP contribution in [0.15, 0.2) is 53.7 Å². The van der Waals surface area contributed by atoms with Crippen LogP contribution in [0.1, 0.15) is 53.9 Å². The molecule has 2 atom stereocenters. The minimum atomic E-state index is -0.631. The molecule has 4 rings (SSSR count). The zero-order chi connectivity index (χ0) is 28.3. The number of benzene rings is 2. The fourth-order valence-corrected chi connectivity index (χ4v) is 5.41. The molecule has 0 spiro atoms. The van der Waals surface area contributed by atoms with Gasteiger partial charge in [-0.3, -0.25) is 14.6 Å². The number of carbonyl (C=O) groups excluding carboxylic acids is 3. The molecule has 1 fully saturated rings. The minimum Gasteiger partial charge on any atom is -0.463 e. The highest BCUT2D eigenvalue weighted by Crippen LogP contribution is 2.34. The molecule has 8 nitrogen and oxygen atoms in total. The van der Waals surface area contributed by atoms with Crippen molar-refractivity contribution in [3.8, 4) is 0 Å². The summed E-state index contributed by atoms with van der Waals surface area (Å²) >= 11 is 0. The maximum atomic E-state index is 13.4. The Bertz CT molecular complexity index is 1280. The van der Waals surface area contributed by atoms with Crippen molar-refractivity contribution < 1.29 is 23.5 Å². The molecular weight excluding hydrogens is 499 g/mol. The first-order valence-electron chi connectivity index (χ1n) is 13.5. The first-order valence-corrected chi connectivity index (χ1v) is 13.5. The molecule has 0 aliphatic carbocycles. The number of piperazine rings is 1. The normalized spacial score (nSPS) is 20.2. The first-order chi connectivity index (χ1) is 18.6. The van der Waals surface area contributed by atoms with Gasteiger partial charge in [-0.15, -0.1) is 0 Å². The Kier molecular flexibility index (Phi) is 8.70. The number of nitrogens with one attached hydrogen (secondary N) is 1. The lowest BCUT2D eigenvalue weighted by Gasteiger charge is -2.43. The average Bonchev–Trinajstić information content (AvgIpc) is 2.90. The van der Waals surface area contributed by atoms with E-state index in [2.05, 4.69) is 10.2 Å². The number of rotatable bonds is 7. The highest BCUT2D eigenvalue weighted by molar-refractivity contribution is 5.96. The van der Waals surface area contributed by atoms with Crippen LogP contribution in [0.2, 0.25) is 0 Å². The Morgan fingerprint density at radius 2 is 1.79 bits per heavy atom. The second-order valence-corrected chi connectivity index (χ2v) is 10.2. The Morgan fingerprint density at radius 3 is 2.44 bits per heavy atom. The lowest BCUT2D eigenvalue weighted by atomic mass is 9.90. The topological polar surface area (TPSA) is 82.2 Å². The van der Waals surface area contributed by atoms with Crippen molar-refractivity contribution in [1.29, 1.82) is 0 Å². The molecule has 0 radical (unpaired) electrons. The van der Waals surface area contributed by atoms with Crippen molar-refractivity contribution in [3.63, 3.8) is 0 Å². The maximum Gasteiger partial charge on any atom is 0.338 e. The predicted molar refractivity (Wildman–Crippen MR) is 147 cm³/mol.